The lowest BCUT2D eigenvalue weighted by atomic mass is 10.1. The van der Waals surface area contributed by atoms with Gasteiger partial charge in [-0.2, -0.15) is 0 Å². The predicted molar refractivity (Wildman–Crippen MR) is 59.2 cm³/mol. The van der Waals surface area contributed by atoms with Crippen molar-refractivity contribution in [1.29, 1.82) is 0 Å². The van der Waals surface area contributed by atoms with Crippen LogP contribution in [0.3, 0.4) is 0 Å². The first-order chi connectivity index (χ1) is 6.29. The molecule has 1 heterocycles. The molecule has 13 heavy (non-hydrogen) atoms. The van der Waals surface area contributed by atoms with E-state index in [2.05, 4.69) is 13.8 Å². The molecule has 0 amide bonds. The standard InChI is InChI=1S/C10H23NOSi/c1-3-6-10(12-11)7-5-9-13(10)8-4-2/h13H,3-9,11H2,1-2H3. The summed E-state index contributed by atoms with van der Waals surface area (Å²) in [6, 6.07) is 2.86. The summed E-state index contributed by atoms with van der Waals surface area (Å²) in [4.78, 5) is 5.37. The van der Waals surface area contributed by atoms with Crippen LogP contribution in [0.25, 0.3) is 0 Å². The van der Waals surface area contributed by atoms with Crippen molar-refractivity contribution in [3.8, 4) is 0 Å². The third-order valence-electron chi connectivity index (χ3n) is 3.44. The van der Waals surface area contributed by atoms with Crippen molar-refractivity contribution in [3.63, 3.8) is 0 Å². The molecule has 1 aliphatic heterocycles. The summed E-state index contributed by atoms with van der Waals surface area (Å²) in [5, 5.41) is 0.171. The third-order valence-corrected chi connectivity index (χ3v) is 8.02. The molecule has 2 unspecified atom stereocenters. The van der Waals surface area contributed by atoms with E-state index in [0.717, 1.165) is 0 Å². The fraction of sp³-hybridized carbons (Fsp3) is 1.00. The molecule has 2 nitrogen and oxygen atoms in total. The molecule has 0 aromatic rings. The van der Waals surface area contributed by atoms with Gasteiger partial charge in [-0.3, -0.25) is 0 Å². The van der Waals surface area contributed by atoms with Crippen LogP contribution in [0.4, 0.5) is 0 Å². The zero-order valence-electron chi connectivity index (χ0n) is 9.01. The van der Waals surface area contributed by atoms with Crippen molar-refractivity contribution in [2.24, 2.45) is 5.90 Å². The van der Waals surface area contributed by atoms with E-state index >= 15 is 0 Å². The van der Waals surface area contributed by atoms with Gasteiger partial charge in [-0.25, -0.2) is 5.90 Å². The van der Waals surface area contributed by atoms with Crippen LogP contribution in [0, 0.1) is 0 Å². The molecule has 0 aliphatic carbocycles. The second-order valence-electron chi connectivity index (χ2n) is 4.31. The maximum absolute atomic E-state index is 5.51. The Morgan fingerprint density at radius 2 is 2.15 bits per heavy atom. The lowest BCUT2D eigenvalue weighted by molar-refractivity contribution is 0.00494. The maximum Gasteiger partial charge on any atom is 0.0782 e. The van der Waals surface area contributed by atoms with E-state index in [1.807, 2.05) is 0 Å². The average molecular weight is 201 g/mol. The van der Waals surface area contributed by atoms with E-state index in [0.29, 0.717) is 0 Å². The SMILES string of the molecule is CCC[SiH]1CCCC1(CCC)ON. The number of rotatable bonds is 5. The van der Waals surface area contributed by atoms with Gasteiger partial charge in [0.25, 0.3) is 0 Å². The molecular weight excluding hydrogens is 178 g/mol. The van der Waals surface area contributed by atoms with Crippen molar-refractivity contribution < 1.29 is 4.84 Å². The minimum atomic E-state index is -0.697. The molecule has 78 valence electrons. The zero-order valence-corrected chi connectivity index (χ0v) is 10.2. The molecule has 2 atom stereocenters. The van der Waals surface area contributed by atoms with E-state index in [-0.39, 0.29) is 5.22 Å². The number of hydrogen-bond acceptors (Lipinski definition) is 2. The minimum Gasteiger partial charge on any atom is -0.302 e. The van der Waals surface area contributed by atoms with Crippen molar-refractivity contribution in [2.45, 2.75) is 63.3 Å². The van der Waals surface area contributed by atoms with Crippen LogP contribution in [0.2, 0.25) is 12.1 Å². The third kappa shape index (κ3) is 2.33. The monoisotopic (exact) mass is 201 g/mol. The Bertz CT molecular complexity index is 154. The van der Waals surface area contributed by atoms with Crippen LogP contribution in [0.5, 0.6) is 0 Å². The van der Waals surface area contributed by atoms with Crippen LogP contribution in [0.15, 0.2) is 0 Å². The smallest absolute Gasteiger partial charge is 0.0782 e. The zero-order chi connectivity index (χ0) is 9.73. The molecule has 0 aromatic carbocycles. The van der Waals surface area contributed by atoms with Gasteiger partial charge >= 0.3 is 0 Å². The highest BCUT2D eigenvalue weighted by Gasteiger charge is 2.43. The van der Waals surface area contributed by atoms with Gasteiger partial charge in [0.1, 0.15) is 0 Å². The van der Waals surface area contributed by atoms with Crippen molar-refractivity contribution in [3.05, 3.63) is 0 Å². The van der Waals surface area contributed by atoms with Crippen LogP contribution in [0.1, 0.15) is 46.0 Å². The molecule has 1 rings (SSSR count). The lowest BCUT2D eigenvalue weighted by Crippen LogP contribution is -2.45. The molecule has 1 fully saturated rings. The fourth-order valence-corrected chi connectivity index (χ4v) is 7.07. The molecule has 3 heteroatoms. The van der Waals surface area contributed by atoms with Gasteiger partial charge in [-0.15, -0.1) is 0 Å². The summed E-state index contributed by atoms with van der Waals surface area (Å²) in [5.74, 6) is 5.51. The highest BCUT2D eigenvalue weighted by atomic mass is 28.3. The lowest BCUT2D eigenvalue weighted by Gasteiger charge is -2.32. The van der Waals surface area contributed by atoms with Crippen molar-refractivity contribution in [2.75, 3.05) is 0 Å². The van der Waals surface area contributed by atoms with E-state index in [4.69, 9.17) is 10.7 Å². The predicted octanol–water partition coefficient (Wildman–Crippen LogP) is 2.39. The summed E-state index contributed by atoms with van der Waals surface area (Å²) in [7, 11) is -0.697. The Hall–Kier alpha value is 0.137. The largest absolute Gasteiger partial charge is 0.302 e. The Morgan fingerprint density at radius 1 is 1.38 bits per heavy atom. The Morgan fingerprint density at radius 3 is 2.69 bits per heavy atom. The maximum atomic E-state index is 5.51. The Balaban J connectivity index is 2.59. The second kappa shape index (κ2) is 5.13. The number of hydrogen-bond donors (Lipinski definition) is 1. The topological polar surface area (TPSA) is 35.2 Å². The molecule has 0 aromatic heterocycles. The summed E-state index contributed by atoms with van der Waals surface area (Å²) < 4.78 is 0. The van der Waals surface area contributed by atoms with Crippen molar-refractivity contribution in [1.82, 2.24) is 0 Å². The van der Waals surface area contributed by atoms with Gasteiger partial charge in [0.05, 0.1) is 14.0 Å². The summed E-state index contributed by atoms with van der Waals surface area (Å²) >= 11 is 0. The minimum absolute atomic E-state index is 0.171. The summed E-state index contributed by atoms with van der Waals surface area (Å²) in [5.41, 5.74) is 0. The highest BCUT2D eigenvalue weighted by Crippen LogP contribution is 2.38. The van der Waals surface area contributed by atoms with Crippen LogP contribution >= 0.6 is 0 Å². The summed E-state index contributed by atoms with van der Waals surface area (Å²) in [6.07, 6.45) is 6.30. The highest BCUT2D eigenvalue weighted by molar-refractivity contribution is 6.62. The molecule has 0 saturated carbocycles. The van der Waals surface area contributed by atoms with Crippen LogP contribution < -0.4 is 5.90 Å². The molecule has 0 bridgehead atoms. The first kappa shape index (κ1) is 11.2. The second-order valence-corrected chi connectivity index (χ2v) is 7.91. The summed E-state index contributed by atoms with van der Waals surface area (Å²) in [6.45, 7) is 4.51. The van der Waals surface area contributed by atoms with Crippen molar-refractivity contribution >= 4 is 8.80 Å². The molecule has 0 radical (unpaired) electrons. The quantitative estimate of drug-likeness (QED) is 0.547. The van der Waals surface area contributed by atoms with E-state index in [1.165, 1.54) is 44.2 Å². The fourth-order valence-electron chi connectivity index (χ4n) is 2.84. The average Bonchev–Trinajstić information content (AvgIpc) is 2.51. The first-order valence-electron chi connectivity index (χ1n) is 5.67. The first-order valence-corrected chi connectivity index (χ1v) is 7.88. The van der Waals surface area contributed by atoms with E-state index in [1.54, 1.807) is 0 Å². The molecule has 0 spiro atoms. The molecule has 1 aliphatic rings. The van der Waals surface area contributed by atoms with E-state index < -0.39 is 8.80 Å². The van der Waals surface area contributed by atoms with Gasteiger partial charge < -0.3 is 4.84 Å². The van der Waals surface area contributed by atoms with Gasteiger partial charge in [-0.1, -0.05) is 45.2 Å². The van der Waals surface area contributed by atoms with Gasteiger partial charge in [0, 0.05) is 0 Å². The normalized spacial score (nSPS) is 33.9. The van der Waals surface area contributed by atoms with Gasteiger partial charge in [0.2, 0.25) is 0 Å². The van der Waals surface area contributed by atoms with E-state index in [9.17, 15) is 0 Å². The molecule has 1 saturated heterocycles. The Labute approximate surface area is 83.4 Å². The molecular formula is C10H23NOSi. The van der Waals surface area contributed by atoms with Gasteiger partial charge in [0.15, 0.2) is 0 Å². The van der Waals surface area contributed by atoms with Crippen LogP contribution in [-0.4, -0.2) is 14.0 Å². The Kier molecular flexibility index (Phi) is 4.42. The van der Waals surface area contributed by atoms with Gasteiger partial charge in [-0.05, 0) is 12.8 Å². The number of nitrogens with two attached hydrogens (primary N) is 1. The molecule has 2 N–H and O–H groups in total. The van der Waals surface area contributed by atoms with Crippen LogP contribution in [-0.2, 0) is 4.84 Å².